The van der Waals surface area contributed by atoms with Crippen LogP contribution < -0.4 is 15.2 Å². The molecule has 21 heavy (non-hydrogen) atoms. The van der Waals surface area contributed by atoms with Crippen molar-refractivity contribution in [2.75, 3.05) is 12.8 Å². The molecule has 2 aromatic rings. The Bertz CT molecular complexity index is 744. The first-order chi connectivity index (χ1) is 9.83. The summed E-state index contributed by atoms with van der Waals surface area (Å²) >= 11 is 7.19. The predicted molar refractivity (Wildman–Crippen MR) is 85.5 cm³/mol. The highest BCUT2D eigenvalue weighted by Crippen LogP contribution is 2.30. The number of nitrogen functional groups attached to an aromatic ring is 1. The van der Waals surface area contributed by atoms with Gasteiger partial charge in [0.05, 0.1) is 17.5 Å². The Hall–Kier alpha value is -1.28. The number of anilines is 1. The van der Waals surface area contributed by atoms with E-state index in [1.165, 1.54) is 30.6 Å². The molecule has 1 unspecified atom stereocenters. The van der Waals surface area contributed by atoms with Crippen LogP contribution in [-0.4, -0.2) is 15.5 Å². The Balaban J connectivity index is 2.32. The molecule has 1 heterocycles. The van der Waals surface area contributed by atoms with Gasteiger partial charge in [-0.2, -0.15) is 0 Å². The summed E-state index contributed by atoms with van der Waals surface area (Å²) < 4.78 is 33.2. The van der Waals surface area contributed by atoms with Gasteiger partial charge in [-0.3, -0.25) is 0 Å². The fourth-order valence-corrected chi connectivity index (χ4v) is 4.38. The van der Waals surface area contributed by atoms with Crippen molar-refractivity contribution in [3.63, 3.8) is 0 Å². The summed E-state index contributed by atoms with van der Waals surface area (Å²) in [6.45, 7) is 1.75. The summed E-state index contributed by atoms with van der Waals surface area (Å²) in [7, 11) is -2.35. The third-order valence-corrected chi connectivity index (χ3v) is 5.81. The van der Waals surface area contributed by atoms with Crippen LogP contribution in [0.25, 0.3) is 0 Å². The van der Waals surface area contributed by atoms with Crippen molar-refractivity contribution in [1.82, 2.24) is 4.72 Å². The van der Waals surface area contributed by atoms with E-state index >= 15 is 0 Å². The maximum absolute atomic E-state index is 12.5. The van der Waals surface area contributed by atoms with Gasteiger partial charge in [0.1, 0.15) is 10.6 Å². The molecule has 0 bridgehead atoms. The molecule has 0 radical (unpaired) electrons. The summed E-state index contributed by atoms with van der Waals surface area (Å²) in [5.74, 6) is 0.244. The van der Waals surface area contributed by atoms with E-state index in [4.69, 9.17) is 22.1 Å². The van der Waals surface area contributed by atoms with E-state index in [2.05, 4.69) is 4.72 Å². The number of hydrogen-bond acceptors (Lipinski definition) is 5. The summed E-state index contributed by atoms with van der Waals surface area (Å²) in [5, 5.41) is 0. The summed E-state index contributed by atoms with van der Waals surface area (Å²) in [6.07, 6.45) is 0. The van der Waals surface area contributed by atoms with Crippen LogP contribution >= 0.6 is 22.9 Å². The van der Waals surface area contributed by atoms with Gasteiger partial charge in [-0.15, -0.1) is 11.3 Å². The number of methoxy groups -OCH3 is 1. The van der Waals surface area contributed by atoms with Crippen LogP contribution in [0.1, 0.15) is 17.8 Å². The van der Waals surface area contributed by atoms with Crippen LogP contribution in [0.3, 0.4) is 0 Å². The zero-order chi connectivity index (χ0) is 15.6. The van der Waals surface area contributed by atoms with E-state index in [0.29, 0.717) is 10.0 Å². The van der Waals surface area contributed by atoms with Crippen LogP contribution in [0.4, 0.5) is 5.69 Å². The molecule has 0 saturated carbocycles. The largest absolute Gasteiger partial charge is 0.495 e. The van der Waals surface area contributed by atoms with Crippen molar-refractivity contribution < 1.29 is 13.2 Å². The Kier molecular flexibility index (Phi) is 4.77. The van der Waals surface area contributed by atoms with Gasteiger partial charge in [0, 0.05) is 10.6 Å². The molecule has 5 nitrogen and oxygen atoms in total. The molecular weight excluding hydrogens is 332 g/mol. The lowest BCUT2D eigenvalue weighted by Crippen LogP contribution is -2.26. The first-order valence-corrected chi connectivity index (χ1v) is 8.72. The van der Waals surface area contributed by atoms with E-state index < -0.39 is 16.1 Å². The maximum atomic E-state index is 12.5. The molecular formula is C13H15ClN2O3S2. The smallest absolute Gasteiger partial charge is 0.244 e. The Labute approximate surface area is 132 Å². The molecule has 1 aromatic heterocycles. The highest BCUT2D eigenvalue weighted by atomic mass is 35.5. The topological polar surface area (TPSA) is 81.4 Å². The van der Waals surface area contributed by atoms with Crippen molar-refractivity contribution in [1.29, 1.82) is 0 Å². The molecule has 114 valence electrons. The number of nitrogens with two attached hydrogens (primary N) is 1. The van der Waals surface area contributed by atoms with Gasteiger partial charge in [-0.1, -0.05) is 11.6 Å². The van der Waals surface area contributed by atoms with Gasteiger partial charge in [0.15, 0.2) is 0 Å². The molecule has 0 aliphatic carbocycles. The van der Waals surface area contributed by atoms with E-state index in [-0.39, 0.29) is 10.6 Å². The summed E-state index contributed by atoms with van der Waals surface area (Å²) in [5.41, 5.74) is 6.01. The Morgan fingerprint density at radius 1 is 1.33 bits per heavy atom. The van der Waals surface area contributed by atoms with Crippen molar-refractivity contribution in [2.24, 2.45) is 0 Å². The highest BCUT2D eigenvalue weighted by molar-refractivity contribution is 7.89. The summed E-state index contributed by atoms with van der Waals surface area (Å²) in [4.78, 5) is 0.839. The van der Waals surface area contributed by atoms with Gasteiger partial charge in [-0.05, 0) is 37.3 Å². The Morgan fingerprint density at radius 2 is 2.05 bits per heavy atom. The molecule has 8 heteroatoms. The molecule has 0 saturated heterocycles. The van der Waals surface area contributed by atoms with Gasteiger partial charge >= 0.3 is 0 Å². The number of thiophene rings is 1. The SMILES string of the molecule is COc1ccc(N)cc1S(=O)(=O)NC(C)c1ccc(Cl)s1. The summed E-state index contributed by atoms with van der Waals surface area (Å²) in [6, 6.07) is 7.59. The molecule has 1 aromatic carbocycles. The zero-order valence-electron chi connectivity index (χ0n) is 11.5. The van der Waals surface area contributed by atoms with E-state index in [1.54, 1.807) is 25.1 Å². The second-order valence-corrected chi connectivity index (χ2v) is 7.82. The number of nitrogens with one attached hydrogen (secondary N) is 1. The van der Waals surface area contributed by atoms with Crippen LogP contribution in [-0.2, 0) is 10.0 Å². The lowest BCUT2D eigenvalue weighted by atomic mass is 10.3. The molecule has 0 aliphatic rings. The first-order valence-electron chi connectivity index (χ1n) is 6.04. The lowest BCUT2D eigenvalue weighted by molar-refractivity contribution is 0.402. The lowest BCUT2D eigenvalue weighted by Gasteiger charge is -2.15. The minimum Gasteiger partial charge on any atom is -0.495 e. The minimum absolute atomic E-state index is 0.0134. The van der Waals surface area contributed by atoms with Crippen LogP contribution in [0.15, 0.2) is 35.2 Å². The number of ether oxygens (including phenoxy) is 1. The standard InChI is InChI=1S/C13H15ClN2O3S2/c1-8(11-5-6-13(14)20-11)16-21(17,18)12-7-9(15)3-4-10(12)19-2/h3-8,16H,15H2,1-2H3. The first kappa shape index (κ1) is 16.1. The van der Waals surface area contributed by atoms with Gasteiger partial charge in [0.2, 0.25) is 10.0 Å². The predicted octanol–water partition coefficient (Wildman–Crippen LogP) is 3.03. The number of halogens is 1. The molecule has 0 aliphatic heterocycles. The number of sulfonamides is 1. The van der Waals surface area contributed by atoms with E-state index in [0.717, 1.165) is 4.88 Å². The zero-order valence-corrected chi connectivity index (χ0v) is 13.8. The second-order valence-electron chi connectivity index (χ2n) is 4.40. The van der Waals surface area contributed by atoms with Crippen LogP contribution in [0, 0.1) is 0 Å². The van der Waals surface area contributed by atoms with Gasteiger partial charge in [0.25, 0.3) is 0 Å². The van der Waals surface area contributed by atoms with Crippen LogP contribution in [0.5, 0.6) is 5.75 Å². The van der Waals surface area contributed by atoms with Gasteiger partial charge < -0.3 is 10.5 Å². The van der Waals surface area contributed by atoms with Crippen molar-refractivity contribution >= 4 is 38.6 Å². The minimum atomic E-state index is -3.76. The molecule has 0 fully saturated rings. The average molecular weight is 347 g/mol. The quantitative estimate of drug-likeness (QED) is 0.815. The molecule has 3 N–H and O–H groups in total. The van der Waals surface area contributed by atoms with E-state index in [9.17, 15) is 8.42 Å². The molecule has 0 spiro atoms. The number of hydrogen-bond donors (Lipinski definition) is 2. The highest BCUT2D eigenvalue weighted by Gasteiger charge is 2.23. The van der Waals surface area contributed by atoms with E-state index in [1.807, 2.05) is 0 Å². The fourth-order valence-electron chi connectivity index (χ4n) is 1.82. The third kappa shape index (κ3) is 3.68. The average Bonchev–Trinajstić information content (AvgIpc) is 2.85. The van der Waals surface area contributed by atoms with Gasteiger partial charge in [-0.25, -0.2) is 13.1 Å². The fraction of sp³-hybridized carbons (Fsp3) is 0.231. The number of rotatable bonds is 5. The monoisotopic (exact) mass is 346 g/mol. The molecule has 0 amide bonds. The normalized spacial score (nSPS) is 13.1. The second kappa shape index (κ2) is 6.23. The van der Waals surface area contributed by atoms with Crippen molar-refractivity contribution in [3.8, 4) is 5.75 Å². The molecule has 1 atom stereocenters. The Morgan fingerprint density at radius 3 is 2.62 bits per heavy atom. The molecule has 2 rings (SSSR count). The maximum Gasteiger partial charge on any atom is 0.244 e. The van der Waals surface area contributed by atoms with Crippen molar-refractivity contribution in [3.05, 3.63) is 39.5 Å². The van der Waals surface area contributed by atoms with Crippen LogP contribution in [0.2, 0.25) is 4.34 Å². The third-order valence-electron chi connectivity index (χ3n) is 2.83. The number of benzene rings is 1. The van der Waals surface area contributed by atoms with Crippen molar-refractivity contribution in [2.45, 2.75) is 17.9 Å².